The lowest BCUT2D eigenvalue weighted by Crippen LogP contribution is -2.07. The Kier molecular flexibility index (Phi) is 4.42. The minimum absolute atomic E-state index is 0.181. The summed E-state index contributed by atoms with van der Waals surface area (Å²) in [6, 6.07) is 15.1. The molecule has 0 radical (unpaired) electrons. The van der Waals surface area contributed by atoms with Crippen molar-refractivity contribution in [2.75, 3.05) is 0 Å². The van der Waals surface area contributed by atoms with Gasteiger partial charge in [-0.1, -0.05) is 30.3 Å². The SMILES string of the molecule is O=C(O)c1ccc(S[C@@H](C(=O)O)c2ccccc2)cc1. The van der Waals surface area contributed by atoms with Gasteiger partial charge in [0.1, 0.15) is 5.25 Å². The number of carboxylic acid groups (broad SMARTS) is 2. The molecule has 0 aliphatic carbocycles. The highest BCUT2D eigenvalue weighted by atomic mass is 32.2. The van der Waals surface area contributed by atoms with Gasteiger partial charge < -0.3 is 10.2 Å². The average molecular weight is 288 g/mol. The van der Waals surface area contributed by atoms with E-state index >= 15 is 0 Å². The minimum Gasteiger partial charge on any atom is -0.480 e. The molecule has 4 nitrogen and oxygen atoms in total. The van der Waals surface area contributed by atoms with E-state index in [9.17, 15) is 14.7 Å². The van der Waals surface area contributed by atoms with E-state index in [1.54, 1.807) is 36.4 Å². The molecular weight excluding hydrogens is 276 g/mol. The standard InChI is InChI=1S/C15H12O4S/c16-14(17)11-6-8-12(9-7-11)20-13(15(18)19)10-4-2-1-3-5-10/h1-9,13H,(H,16,17)(H,18,19)/t13-/m1/s1. The molecule has 0 aromatic heterocycles. The molecule has 0 saturated heterocycles. The molecule has 0 heterocycles. The van der Waals surface area contributed by atoms with Crippen molar-refractivity contribution in [3.05, 3.63) is 65.7 Å². The van der Waals surface area contributed by atoms with E-state index in [1.165, 1.54) is 23.9 Å². The number of benzene rings is 2. The van der Waals surface area contributed by atoms with Gasteiger partial charge in [0.05, 0.1) is 5.56 Å². The van der Waals surface area contributed by atoms with Gasteiger partial charge in [0, 0.05) is 4.90 Å². The summed E-state index contributed by atoms with van der Waals surface area (Å²) in [5, 5.41) is 17.4. The molecule has 0 saturated carbocycles. The summed E-state index contributed by atoms with van der Waals surface area (Å²) >= 11 is 1.18. The lowest BCUT2D eigenvalue weighted by atomic mass is 10.1. The van der Waals surface area contributed by atoms with E-state index in [2.05, 4.69) is 0 Å². The van der Waals surface area contributed by atoms with E-state index < -0.39 is 17.2 Å². The number of thioether (sulfide) groups is 1. The Labute approximate surface area is 120 Å². The summed E-state index contributed by atoms with van der Waals surface area (Å²) in [7, 11) is 0. The lowest BCUT2D eigenvalue weighted by molar-refractivity contribution is -0.136. The number of rotatable bonds is 5. The fraction of sp³-hybridized carbons (Fsp3) is 0.0667. The fourth-order valence-corrected chi connectivity index (χ4v) is 2.66. The third-order valence-corrected chi connectivity index (χ3v) is 3.94. The van der Waals surface area contributed by atoms with Crippen LogP contribution in [0.1, 0.15) is 21.2 Å². The number of carboxylic acids is 2. The van der Waals surface area contributed by atoms with Gasteiger partial charge in [0.25, 0.3) is 0 Å². The molecule has 2 N–H and O–H groups in total. The van der Waals surface area contributed by atoms with Crippen molar-refractivity contribution in [3.8, 4) is 0 Å². The van der Waals surface area contributed by atoms with Crippen LogP contribution in [0.15, 0.2) is 59.5 Å². The van der Waals surface area contributed by atoms with Crippen LogP contribution in [-0.2, 0) is 4.79 Å². The van der Waals surface area contributed by atoms with Gasteiger partial charge in [-0.15, -0.1) is 11.8 Å². The van der Waals surface area contributed by atoms with Crippen molar-refractivity contribution < 1.29 is 19.8 Å². The average Bonchev–Trinajstić information content (AvgIpc) is 2.46. The quantitative estimate of drug-likeness (QED) is 0.826. The molecule has 0 bridgehead atoms. The van der Waals surface area contributed by atoms with Gasteiger partial charge in [0.2, 0.25) is 0 Å². The van der Waals surface area contributed by atoms with Gasteiger partial charge in [-0.25, -0.2) is 4.79 Å². The Morgan fingerprint density at radius 2 is 1.50 bits per heavy atom. The van der Waals surface area contributed by atoms with E-state index in [0.29, 0.717) is 10.5 Å². The van der Waals surface area contributed by atoms with E-state index in [1.807, 2.05) is 6.07 Å². The first kappa shape index (κ1) is 14.1. The van der Waals surface area contributed by atoms with Crippen molar-refractivity contribution >= 4 is 23.7 Å². The largest absolute Gasteiger partial charge is 0.480 e. The molecule has 0 aliphatic rings. The molecule has 0 aliphatic heterocycles. The van der Waals surface area contributed by atoms with Crippen LogP contribution in [-0.4, -0.2) is 22.2 Å². The van der Waals surface area contributed by atoms with Gasteiger partial charge in [-0.3, -0.25) is 4.79 Å². The summed E-state index contributed by atoms with van der Waals surface area (Å²) in [5.74, 6) is -1.93. The number of hydrogen-bond donors (Lipinski definition) is 2. The topological polar surface area (TPSA) is 74.6 Å². The van der Waals surface area contributed by atoms with Crippen LogP contribution in [0.2, 0.25) is 0 Å². The molecule has 0 fully saturated rings. The Bertz CT molecular complexity index is 608. The maximum Gasteiger partial charge on any atom is 0.335 e. The predicted octanol–water partition coefficient (Wildman–Crippen LogP) is 3.30. The highest BCUT2D eigenvalue weighted by molar-refractivity contribution is 8.00. The first-order valence-corrected chi connectivity index (χ1v) is 6.73. The smallest absolute Gasteiger partial charge is 0.335 e. The maximum absolute atomic E-state index is 11.4. The first-order valence-electron chi connectivity index (χ1n) is 5.85. The second-order valence-corrected chi connectivity index (χ2v) is 5.25. The van der Waals surface area contributed by atoms with Crippen molar-refractivity contribution in [3.63, 3.8) is 0 Å². The molecule has 0 spiro atoms. The zero-order valence-corrected chi connectivity index (χ0v) is 11.2. The molecular formula is C15H12O4S. The molecule has 2 rings (SSSR count). The van der Waals surface area contributed by atoms with Crippen LogP contribution >= 0.6 is 11.8 Å². The van der Waals surface area contributed by atoms with E-state index in [-0.39, 0.29) is 5.56 Å². The Morgan fingerprint density at radius 3 is 2.00 bits per heavy atom. The zero-order chi connectivity index (χ0) is 14.5. The highest BCUT2D eigenvalue weighted by Gasteiger charge is 2.21. The summed E-state index contributed by atoms with van der Waals surface area (Å²) in [4.78, 5) is 22.8. The van der Waals surface area contributed by atoms with E-state index in [0.717, 1.165) is 0 Å². The summed E-state index contributed by atoms with van der Waals surface area (Å²) in [6.45, 7) is 0. The molecule has 102 valence electrons. The van der Waals surface area contributed by atoms with Crippen LogP contribution in [0.3, 0.4) is 0 Å². The summed E-state index contributed by atoms with van der Waals surface area (Å²) < 4.78 is 0. The zero-order valence-electron chi connectivity index (χ0n) is 10.4. The number of carbonyl (C=O) groups is 2. The number of aliphatic carboxylic acids is 1. The second kappa shape index (κ2) is 6.25. The highest BCUT2D eigenvalue weighted by Crippen LogP contribution is 2.35. The summed E-state index contributed by atoms with van der Waals surface area (Å²) in [5.41, 5.74) is 0.883. The van der Waals surface area contributed by atoms with Gasteiger partial charge in [-0.05, 0) is 29.8 Å². The minimum atomic E-state index is -1.00. The van der Waals surface area contributed by atoms with Crippen molar-refractivity contribution in [2.24, 2.45) is 0 Å². The second-order valence-electron chi connectivity index (χ2n) is 4.08. The Balaban J connectivity index is 2.21. The molecule has 2 aromatic rings. The Morgan fingerprint density at radius 1 is 0.900 bits per heavy atom. The van der Waals surface area contributed by atoms with Crippen molar-refractivity contribution in [1.82, 2.24) is 0 Å². The third-order valence-electron chi connectivity index (χ3n) is 2.68. The molecule has 0 unspecified atom stereocenters. The van der Waals surface area contributed by atoms with Gasteiger partial charge in [-0.2, -0.15) is 0 Å². The molecule has 2 aromatic carbocycles. The van der Waals surface area contributed by atoms with Crippen LogP contribution in [0.25, 0.3) is 0 Å². The van der Waals surface area contributed by atoms with Gasteiger partial charge in [0.15, 0.2) is 0 Å². The lowest BCUT2D eigenvalue weighted by Gasteiger charge is -2.12. The molecule has 5 heteroatoms. The number of hydrogen-bond acceptors (Lipinski definition) is 3. The number of aromatic carboxylic acids is 1. The third kappa shape index (κ3) is 3.39. The van der Waals surface area contributed by atoms with Crippen LogP contribution in [0.4, 0.5) is 0 Å². The summed E-state index contributed by atoms with van der Waals surface area (Å²) in [6.07, 6.45) is 0. The van der Waals surface area contributed by atoms with Crippen LogP contribution in [0, 0.1) is 0 Å². The van der Waals surface area contributed by atoms with Gasteiger partial charge >= 0.3 is 11.9 Å². The maximum atomic E-state index is 11.4. The monoisotopic (exact) mass is 288 g/mol. The first-order chi connectivity index (χ1) is 9.58. The van der Waals surface area contributed by atoms with E-state index in [4.69, 9.17) is 5.11 Å². The Hall–Kier alpha value is -2.27. The van der Waals surface area contributed by atoms with Crippen LogP contribution < -0.4 is 0 Å². The molecule has 20 heavy (non-hydrogen) atoms. The predicted molar refractivity (Wildman–Crippen MR) is 76.1 cm³/mol. The van der Waals surface area contributed by atoms with Crippen molar-refractivity contribution in [1.29, 1.82) is 0 Å². The molecule has 0 amide bonds. The normalized spacial score (nSPS) is 11.8. The fourth-order valence-electron chi connectivity index (χ4n) is 1.70. The van der Waals surface area contributed by atoms with Crippen LogP contribution in [0.5, 0.6) is 0 Å². The molecule has 1 atom stereocenters. The van der Waals surface area contributed by atoms with Crippen molar-refractivity contribution in [2.45, 2.75) is 10.1 Å².